The summed E-state index contributed by atoms with van der Waals surface area (Å²) in [6.45, 7) is 2.43. The van der Waals surface area contributed by atoms with Gasteiger partial charge in [0, 0.05) is 12.1 Å². The zero-order valence-corrected chi connectivity index (χ0v) is 18.4. The second-order valence-corrected chi connectivity index (χ2v) is 9.21. The second kappa shape index (κ2) is 9.38. The van der Waals surface area contributed by atoms with Crippen LogP contribution in [-0.2, 0) is 10.0 Å². The van der Waals surface area contributed by atoms with Gasteiger partial charge in [-0.2, -0.15) is 0 Å². The summed E-state index contributed by atoms with van der Waals surface area (Å²) in [5.74, 6) is 1.10. The van der Waals surface area contributed by atoms with Gasteiger partial charge >= 0.3 is 0 Å². The molecule has 0 aromatic heterocycles. The van der Waals surface area contributed by atoms with E-state index in [0.717, 1.165) is 12.0 Å². The smallest absolute Gasteiger partial charge is 0.251 e. The number of ether oxygens (including phenoxy) is 2. The molecule has 1 aliphatic rings. The largest absolute Gasteiger partial charge is 0.493 e. The number of carbonyl (C=O) groups excluding carboxylic acids is 1. The highest BCUT2D eigenvalue weighted by Crippen LogP contribution is 2.31. The third-order valence-corrected chi connectivity index (χ3v) is 7.14. The Kier molecular flexibility index (Phi) is 6.87. The Bertz CT molecular complexity index is 1010. The highest BCUT2D eigenvalue weighted by Gasteiger charge is 2.26. The van der Waals surface area contributed by atoms with Gasteiger partial charge in [-0.05, 0) is 55.2 Å². The molecule has 0 spiro atoms. The third-order valence-electron chi connectivity index (χ3n) is 5.27. The van der Waals surface area contributed by atoms with Crippen molar-refractivity contribution in [3.8, 4) is 11.5 Å². The molecule has 0 unspecified atom stereocenters. The summed E-state index contributed by atoms with van der Waals surface area (Å²) in [5.41, 5.74) is 1.85. The van der Waals surface area contributed by atoms with Crippen LogP contribution in [0.4, 0.5) is 5.69 Å². The van der Waals surface area contributed by atoms with Crippen molar-refractivity contribution in [2.24, 2.45) is 0 Å². The number of hydrogen-bond donors (Lipinski definition) is 1. The van der Waals surface area contributed by atoms with Gasteiger partial charge in [-0.15, -0.1) is 0 Å². The van der Waals surface area contributed by atoms with E-state index in [4.69, 9.17) is 9.47 Å². The van der Waals surface area contributed by atoms with Crippen LogP contribution in [0.5, 0.6) is 11.5 Å². The van der Waals surface area contributed by atoms with E-state index in [2.05, 4.69) is 5.32 Å². The molecule has 1 saturated heterocycles. The van der Waals surface area contributed by atoms with Gasteiger partial charge in [0.05, 0.1) is 31.7 Å². The van der Waals surface area contributed by atoms with Gasteiger partial charge in [0.1, 0.15) is 0 Å². The molecule has 1 aliphatic heterocycles. The molecule has 0 aliphatic carbocycles. The van der Waals surface area contributed by atoms with E-state index in [9.17, 15) is 13.2 Å². The fraction of sp³-hybridized carbons (Fsp3) is 0.409. The van der Waals surface area contributed by atoms with E-state index >= 15 is 0 Å². The van der Waals surface area contributed by atoms with Gasteiger partial charge in [0.2, 0.25) is 10.0 Å². The van der Waals surface area contributed by atoms with Crippen molar-refractivity contribution in [2.45, 2.75) is 32.2 Å². The Labute approximate surface area is 178 Å². The monoisotopic (exact) mass is 432 g/mol. The first-order valence-corrected chi connectivity index (χ1v) is 11.6. The molecule has 162 valence electrons. The first-order valence-electron chi connectivity index (χ1n) is 10.0. The van der Waals surface area contributed by atoms with E-state index in [1.165, 1.54) is 4.31 Å². The number of anilines is 1. The Morgan fingerprint density at radius 3 is 2.53 bits per heavy atom. The van der Waals surface area contributed by atoms with Gasteiger partial charge in [-0.25, -0.2) is 8.42 Å². The molecule has 1 fully saturated rings. The van der Waals surface area contributed by atoms with Crippen LogP contribution in [0.15, 0.2) is 42.5 Å². The maximum Gasteiger partial charge on any atom is 0.251 e. The average molecular weight is 433 g/mol. The van der Waals surface area contributed by atoms with E-state index < -0.39 is 10.0 Å². The summed E-state index contributed by atoms with van der Waals surface area (Å²) < 4.78 is 36.8. The molecule has 7 nitrogen and oxygen atoms in total. The number of nitrogens with one attached hydrogen (secondary N) is 1. The number of carbonyl (C=O) groups is 1. The van der Waals surface area contributed by atoms with Crippen LogP contribution in [0.3, 0.4) is 0 Å². The van der Waals surface area contributed by atoms with Gasteiger partial charge < -0.3 is 14.8 Å². The number of rotatable bonds is 7. The summed E-state index contributed by atoms with van der Waals surface area (Å²) in [6, 6.07) is 12.1. The Hall–Kier alpha value is -2.74. The van der Waals surface area contributed by atoms with Crippen LogP contribution in [-0.4, -0.2) is 40.8 Å². The van der Waals surface area contributed by atoms with E-state index in [0.29, 0.717) is 42.1 Å². The minimum Gasteiger partial charge on any atom is -0.493 e. The minimum absolute atomic E-state index is 0.140. The van der Waals surface area contributed by atoms with Crippen LogP contribution < -0.4 is 19.1 Å². The summed E-state index contributed by atoms with van der Waals surface area (Å²) in [4.78, 5) is 12.9. The van der Waals surface area contributed by atoms with Crippen molar-refractivity contribution >= 4 is 21.6 Å². The molecule has 0 bridgehead atoms. The fourth-order valence-corrected chi connectivity index (χ4v) is 5.24. The van der Waals surface area contributed by atoms with Crippen LogP contribution in [0.25, 0.3) is 0 Å². The summed E-state index contributed by atoms with van der Waals surface area (Å²) in [6.07, 6.45) is 2.16. The molecule has 1 N–H and O–H groups in total. The second-order valence-electron chi connectivity index (χ2n) is 7.19. The lowest BCUT2D eigenvalue weighted by molar-refractivity contribution is 0.0935. The molecule has 8 heteroatoms. The predicted molar refractivity (Wildman–Crippen MR) is 117 cm³/mol. The van der Waals surface area contributed by atoms with E-state index in [1.54, 1.807) is 38.5 Å². The van der Waals surface area contributed by atoms with Crippen LogP contribution in [0.1, 0.15) is 48.1 Å². The highest BCUT2D eigenvalue weighted by atomic mass is 32.2. The normalized spacial score (nSPS) is 16.6. The van der Waals surface area contributed by atoms with Crippen molar-refractivity contribution in [1.82, 2.24) is 5.32 Å². The summed E-state index contributed by atoms with van der Waals surface area (Å²) in [7, 11) is -0.182. The molecule has 30 heavy (non-hydrogen) atoms. The highest BCUT2D eigenvalue weighted by molar-refractivity contribution is 7.92. The molecule has 0 radical (unpaired) electrons. The SMILES string of the molecule is CC[C@H](NC(=O)c1cccc(N2CCCCS2(=O)=O)c1)c1ccc(OC)c(OC)c1. The van der Waals surface area contributed by atoms with Crippen molar-refractivity contribution in [1.29, 1.82) is 0 Å². The Balaban J connectivity index is 1.81. The average Bonchev–Trinajstić information content (AvgIpc) is 2.76. The first kappa shape index (κ1) is 22.0. The fourth-order valence-electron chi connectivity index (χ4n) is 3.61. The molecular weight excluding hydrogens is 404 g/mol. The quantitative estimate of drug-likeness (QED) is 0.724. The maximum absolute atomic E-state index is 12.9. The van der Waals surface area contributed by atoms with Gasteiger partial charge in [0.15, 0.2) is 11.5 Å². The number of hydrogen-bond acceptors (Lipinski definition) is 5. The minimum atomic E-state index is -3.33. The summed E-state index contributed by atoms with van der Waals surface area (Å²) in [5, 5.41) is 3.04. The lowest BCUT2D eigenvalue weighted by Gasteiger charge is -2.28. The molecule has 1 amide bonds. The first-order chi connectivity index (χ1) is 14.4. The number of nitrogens with zero attached hydrogens (tertiary/aromatic N) is 1. The molecule has 2 aromatic carbocycles. The number of benzene rings is 2. The molecule has 3 rings (SSSR count). The van der Waals surface area contributed by atoms with Gasteiger partial charge in [0.25, 0.3) is 5.91 Å². The maximum atomic E-state index is 12.9. The van der Waals surface area contributed by atoms with Crippen LogP contribution in [0.2, 0.25) is 0 Å². The Morgan fingerprint density at radius 1 is 1.10 bits per heavy atom. The molecule has 0 saturated carbocycles. The lowest BCUT2D eigenvalue weighted by Crippen LogP contribution is -2.38. The van der Waals surface area contributed by atoms with Crippen molar-refractivity contribution < 1.29 is 22.7 Å². The van der Waals surface area contributed by atoms with Crippen LogP contribution >= 0.6 is 0 Å². The van der Waals surface area contributed by atoms with Gasteiger partial charge in [-0.1, -0.05) is 19.1 Å². The number of sulfonamides is 1. The topological polar surface area (TPSA) is 84.9 Å². The zero-order valence-electron chi connectivity index (χ0n) is 17.6. The number of amides is 1. The van der Waals surface area contributed by atoms with Crippen molar-refractivity contribution in [3.63, 3.8) is 0 Å². The third kappa shape index (κ3) is 4.70. The Morgan fingerprint density at radius 2 is 1.87 bits per heavy atom. The molecule has 2 aromatic rings. The van der Waals surface area contributed by atoms with Crippen molar-refractivity contribution in [2.75, 3.05) is 30.8 Å². The van der Waals surface area contributed by atoms with E-state index in [-0.39, 0.29) is 17.7 Å². The zero-order chi connectivity index (χ0) is 21.7. The molecule has 1 atom stereocenters. The number of methoxy groups -OCH3 is 2. The molecule has 1 heterocycles. The summed E-state index contributed by atoms with van der Waals surface area (Å²) >= 11 is 0. The van der Waals surface area contributed by atoms with Gasteiger partial charge in [-0.3, -0.25) is 9.10 Å². The lowest BCUT2D eigenvalue weighted by atomic mass is 10.0. The molecular formula is C22H28N2O5S. The standard InChI is InChI=1S/C22H28N2O5S/c1-4-19(16-10-11-20(28-2)21(15-16)29-3)23-22(25)17-8-7-9-18(14-17)24-12-5-6-13-30(24,26)27/h7-11,14-15,19H,4-6,12-13H2,1-3H3,(H,23,25)/t19-/m0/s1. The predicted octanol–water partition coefficient (Wildman–Crippen LogP) is 3.51. The van der Waals surface area contributed by atoms with Crippen molar-refractivity contribution in [3.05, 3.63) is 53.6 Å². The van der Waals surface area contributed by atoms with E-state index in [1.807, 2.05) is 25.1 Å². The van der Waals surface area contributed by atoms with Crippen LogP contribution in [0, 0.1) is 0 Å².